The van der Waals surface area contributed by atoms with Crippen LogP contribution in [-0.4, -0.2) is 23.5 Å². The van der Waals surface area contributed by atoms with Crippen molar-refractivity contribution in [3.05, 3.63) is 80.0 Å². The topological polar surface area (TPSA) is 66.4 Å². The third kappa shape index (κ3) is 13.1. The first-order valence-electron chi connectivity index (χ1n) is 13.8. The molecule has 0 saturated heterocycles. The van der Waals surface area contributed by atoms with Crippen molar-refractivity contribution in [2.45, 2.75) is 100 Å². The summed E-state index contributed by atoms with van der Waals surface area (Å²) in [7, 11) is 0. The molecule has 1 aromatic rings. The number of carbonyl (C=O) groups excluding carboxylic acids is 1. The van der Waals surface area contributed by atoms with Gasteiger partial charge in [-0.05, 0) is 93.2 Å². The fourth-order valence-electron chi connectivity index (χ4n) is 3.80. The zero-order chi connectivity index (χ0) is 30.4. The lowest BCUT2D eigenvalue weighted by Gasteiger charge is -2.23. The number of amides is 1. The zero-order valence-corrected chi connectivity index (χ0v) is 27.7. The van der Waals surface area contributed by atoms with Crippen LogP contribution in [0.15, 0.2) is 70.2 Å². The molecule has 1 aromatic heterocycles. The summed E-state index contributed by atoms with van der Waals surface area (Å²) in [4.78, 5) is 25.9. The van der Waals surface area contributed by atoms with Crippen LogP contribution >= 0.6 is 23.1 Å². The summed E-state index contributed by atoms with van der Waals surface area (Å²) in [6, 6.07) is 3.80. The summed E-state index contributed by atoms with van der Waals surface area (Å²) in [6.45, 7) is 27.9. The van der Waals surface area contributed by atoms with Gasteiger partial charge in [0.05, 0.1) is 11.3 Å². The van der Waals surface area contributed by atoms with Gasteiger partial charge < -0.3 is 10.4 Å². The maximum atomic E-state index is 12.4. The monoisotopic (exact) mass is 573 g/mol. The highest BCUT2D eigenvalue weighted by Crippen LogP contribution is 2.43. The van der Waals surface area contributed by atoms with Crippen molar-refractivity contribution in [3.63, 3.8) is 0 Å². The van der Waals surface area contributed by atoms with Gasteiger partial charge in [-0.2, -0.15) is 0 Å². The van der Waals surface area contributed by atoms with Crippen LogP contribution < -0.4 is 5.32 Å². The number of hydrogen-bond donors (Lipinski definition) is 2. The van der Waals surface area contributed by atoms with Crippen molar-refractivity contribution in [2.24, 2.45) is 5.41 Å². The molecule has 2 N–H and O–H groups in total. The highest BCUT2D eigenvalue weighted by Gasteiger charge is 2.25. The highest BCUT2D eigenvalue weighted by molar-refractivity contribution is 8.04. The number of carboxylic acids is 1. The van der Waals surface area contributed by atoms with Crippen LogP contribution in [0.2, 0.25) is 0 Å². The summed E-state index contributed by atoms with van der Waals surface area (Å²) >= 11 is 3.21. The van der Waals surface area contributed by atoms with Crippen LogP contribution in [0, 0.1) is 5.41 Å². The molecule has 0 aliphatic carbocycles. The van der Waals surface area contributed by atoms with Crippen molar-refractivity contribution in [1.82, 2.24) is 5.32 Å². The Morgan fingerprint density at radius 3 is 2.26 bits per heavy atom. The van der Waals surface area contributed by atoms with Gasteiger partial charge in [-0.3, -0.25) is 9.59 Å². The number of carbonyl (C=O) groups is 2. The largest absolute Gasteiger partial charge is 0.481 e. The maximum Gasteiger partial charge on any atom is 0.305 e. The Kier molecular flexibility index (Phi) is 16.4. The van der Waals surface area contributed by atoms with Crippen LogP contribution in [0.1, 0.15) is 110 Å². The predicted octanol–water partition coefficient (Wildman–Crippen LogP) is 10.1. The Bertz CT molecular complexity index is 1100. The van der Waals surface area contributed by atoms with Gasteiger partial charge in [-0.25, -0.2) is 0 Å². The van der Waals surface area contributed by atoms with Gasteiger partial charge in [0, 0.05) is 16.2 Å². The molecule has 39 heavy (non-hydrogen) atoms. The van der Waals surface area contributed by atoms with Crippen LogP contribution in [0.5, 0.6) is 0 Å². The Hall–Kier alpha value is -2.31. The summed E-state index contributed by atoms with van der Waals surface area (Å²) in [5.41, 5.74) is 4.85. The minimum atomic E-state index is -0.927. The Balaban J connectivity index is 0.00000704. The van der Waals surface area contributed by atoms with E-state index in [1.165, 1.54) is 33.0 Å². The van der Waals surface area contributed by atoms with Gasteiger partial charge in [0.1, 0.15) is 0 Å². The molecule has 0 aliphatic heterocycles. The lowest BCUT2D eigenvalue weighted by atomic mass is 9.85. The number of nitrogens with one attached hydrogen (secondary N) is 1. The summed E-state index contributed by atoms with van der Waals surface area (Å²) < 4.78 is -0.233. The fourth-order valence-corrected chi connectivity index (χ4v) is 6.18. The first kappa shape index (κ1) is 36.7. The van der Waals surface area contributed by atoms with Gasteiger partial charge in [0.25, 0.3) is 5.91 Å². The number of allylic oxidation sites excluding steroid dienone is 9. The second-order valence-corrected chi connectivity index (χ2v) is 13.6. The molecule has 4 nitrogen and oxygen atoms in total. The normalized spacial score (nSPS) is 13.5. The van der Waals surface area contributed by atoms with E-state index in [0.717, 1.165) is 23.3 Å². The summed E-state index contributed by atoms with van der Waals surface area (Å²) in [6.07, 6.45) is 10.9. The van der Waals surface area contributed by atoms with Crippen LogP contribution in [-0.2, 0) is 9.54 Å². The van der Waals surface area contributed by atoms with E-state index in [4.69, 9.17) is 5.11 Å². The fraction of sp³-hybridized carbons (Fsp3) is 0.515. The van der Waals surface area contributed by atoms with E-state index < -0.39 is 5.97 Å². The molecule has 0 radical (unpaired) electrons. The predicted molar refractivity (Wildman–Crippen MR) is 174 cm³/mol. The van der Waals surface area contributed by atoms with Crippen LogP contribution in [0.4, 0.5) is 0 Å². The lowest BCUT2D eigenvalue weighted by molar-refractivity contribution is -0.136. The van der Waals surface area contributed by atoms with E-state index in [9.17, 15) is 9.59 Å². The molecule has 1 heterocycles. The smallest absolute Gasteiger partial charge is 0.305 e. The molecule has 0 bridgehead atoms. The second-order valence-electron chi connectivity index (χ2n) is 10.6. The Labute approximate surface area is 246 Å². The van der Waals surface area contributed by atoms with E-state index in [2.05, 4.69) is 98.5 Å². The van der Waals surface area contributed by atoms with Crippen LogP contribution in [0.3, 0.4) is 0 Å². The number of thiophene rings is 1. The molecule has 1 rings (SSSR count). The summed E-state index contributed by atoms with van der Waals surface area (Å²) in [5.74, 6) is -1.16. The third-order valence-corrected chi connectivity index (χ3v) is 8.94. The van der Waals surface area contributed by atoms with Crippen molar-refractivity contribution in [3.8, 4) is 0 Å². The van der Waals surface area contributed by atoms with E-state index in [-0.39, 0.29) is 29.0 Å². The molecule has 218 valence electrons. The number of rotatable bonds is 14. The maximum absolute atomic E-state index is 12.4. The number of aliphatic carboxylic acids is 1. The third-order valence-electron chi connectivity index (χ3n) is 6.23. The van der Waals surface area contributed by atoms with Gasteiger partial charge >= 0.3 is 5.97 Å². The molecule has 0 fully saturated rings. The molecule has 0 atom stereocenters. The van der Waals surface area contributed by atoms with Crippen molar-refractivity contribution >= 4 is 35.0 Å². The summed E-state index contributed by atoms with van der Waals surface area (Å²) in [5, 5.41) is 11.4. The van der Waals surface area contributed by atoms with Gasteiger partial charge in [0.15, 0.2) is 0 Å². The molecular weight excluding hydrogens is 523 g/mol. The molecule has 1 amide bonds. The average Bonchev–Trinajstić information content (AvgIpc) is 3.35. The first-order valence-corrected chi connectivity index (χ1v) is 15.4. The molecule has 0 spiro atoms. The lowest BCUT2D eigenvalue weighted by Crippen LogP contribution is -2.25. The zero-order valence-electron chi connectivity index (χ0n) is 26.1. The molecule has 6 heteroatoms. The van der Waals surface area contributed by atoms with E-state index >= 15 is 0 Å². The van der Waals surface area contributed by atoms with Gasteiger partial charge in [0.2, 0.25) is 0 Å². The van der Waals surface area contributed by atoms with Gasteiger partial charge in [-0.15, -0.1) is 23.1 Å². The molecule has 0 aromatic carbocycles. The van der Waals surface area contributed by atoms with E-state index in [0.29, 0.717) is 4.88 Å². The molecule has 0 aliphatic rings. The van der Waals surface area contributed by atoms with Crippen LogP contribution in [0.25, 0.3) is 0 Å². The van der Waals surface area contributed by atoms with E-state index in [1.54, 1.807) is 11.8 Å². The Morgan fingerprint density at radius 2 is 1.74 bits per heavy atom. The Morgan fingerprint density at radius 1 is 1.13 bits per heavy atom. The minimum Gasteiger partial charge on any atom is -0.481 e. The molecule has 0 saturated carbocycles. The second kappa shape index (κ2) is 17.4. The quantitative estimate of drug-likeness (QED) is 0.217. The van der Waals surface area contributed by atoms with Crippen molar-refractivity contribution in [1.29, 1.82) is 0 Å². The number of thioether (sulfide) groups is 1. The van der Waals surface area contributed by atoms with E-state index in [1.807, 2.05) is 26.0 Å². The van der Waals surface area contributed by atoms with Crippen molar-refractivity contribution in [2.75, 3.05) is 6.54 Å². The SMILES string of the molecule is C=C(C)C(/C(/C=C\CC(C)(C)CC)=C/C)=C(C)\C=C(/C)SC(C)(C)c1ccc(C(=O)NCCC(=O)O)s1.CC. The highest BCUT2D eigenvalue weighted by atomic mass is 32.2. The average molecular weight is 574 g/mol. The molecular formula is C33H51NO3S2. The van der Waals surface area contributed by atoms with Crippen molar-refractivity contribution < 1.29 is 14.7 Å². The number of carboxylic acid groups (broad SMARTS) is 1. The first-order chi connectivity index (χ1) is 18.1. The van der Waals surface area contributed by atoms with Gasteiger partial charge in [-0.1, -0.05) is 71.4 Å². The standard InChI is InChI=1S/C31H45NO3S2.C2H6/c1-11-24(14-13-18-30(7,8)12-2)28(21(3)4)22(5)20-23(6)37-31(9,10)26-16-15-25(36-26)29(35)32-19-17-27(33)34;1-2/h11,13-16,20H,3,12,17-19H2,1-2,4-10H3,(H,32,35)(H,33,34);1-2H3/b14-13-,23-20+,24-11+,28-22+;. The minimum absolute atomic E-state index is 0.0875. The number of hydrogen-bond acceptors (Lipinski definition) is 4. The molecule has 0 unspecified atom stereocenters.